The van der Waals surface area contributed by atoms with E-state index in [2.05, 4.69) is 20.2 Å². The zero-order chi connectivity index (χ0) is 19.4. The molecule has 0 unspecified atom stereocenters. The summed E-state index contributed by atoms with van der Waals surface area (Å²) in [6, 6.07) is 5.19. The molecule has 144 valence electrons. The largest absolute Gasteiger partial charge is 0.495 e. The summed E-state index contributed by atoms with van der Waals surface area (Å²) in [5.74, 6) is 0.843. The lowest BCUT2D eigenvalue weighted by Gasteiger charge is -2.21. The number of methoxy groups -OCH3 is 1. The van der Waals surface area contributed by atoms with Gasteiger partial charge in [0.05, 0.1) is 12.8 Å². The van der Waals surface area contributed by atoms with Crippen LogP contribution in [0.3, 0.4) is 0 Å². The molecule has 0 bridgehead atoms. The van der Waals surface area contributed by atoms with E-state index < -0.39 is 0 Å². The van der Waals surface area contributed by atoms with E-state index in [-0.39, 0.29) is 5.91 Å². The van der Waals surface area contributed by atoms with Gasteiger partial charge >= 0.3 is 0 Å². The molecule has 1 aromatic heterocycles. The number of carbonyl (C=O) groups is 1. The molecule has 1 fully saturated rings. The predicted octanol–water partition coefficient (Wildman–Crippen LogP) is 4.39. The number of nitrogens with zero attached hydrogens (tertiary/aromatic N) is 3. The number of carbonyl (C=O) groups excluding carboxylic acids is 1. The van der Waals surface area contributed by atoms with Crippen LogP contribution in [-0.2, 0) is 0 Å². The third-order valence-corrected chi connectivity index (χ3v) is 5.10. The molecular formula is C20H25ClN4O2. The van der Waals surface area contributed by atoms with Crippen molar-refractivity contribution < 1.29 is 9.53 Å². The van der Waals surface area contributed by atoms with Gasteiger partial charge in [-0.3, -0.25) is 4.79 Å². The molecule has 1 aliphatic heterocycles. The van der Waals surface area contributed by atoms with E-state index in [0.717, 1.165) is 37.2 Å². The van der Waals surface area contributed by atoms with Crippen LogP contribution in [0.25, 0.3) is 0 Å². The minimum atomic E-state index is -0.295. The van der Waals surface area contributed by atoms with E-state index >= 15 is 0 Å². The molecule has 3 rings (SSSR count). The summed E-state index contributed by atoms with van der Waals surface area (Å²) in [6.45, 7) is 5.61. The van der Waals surface area contributed by atoms with Crippen molar-refractivity contribution in [2.24, 2.45) is 0 Å². The van der Waals surface area contributed by atoms with Crippen LogP contribution in [0.2, 0.25) is 5.02 Å². The second-order valence-electron chi connectivity index (χ2n) is 6.85. The third kappa shape index (κ3) is 4.69. The number of amides is 1. The van der Waals surface area contributed by atoms with Gasteiger partial charge in [0.2, 0.25) is 5.95 Å². The monoisotopic (exact) mass is 388 g/mol. The molecule has 1 aromatic carbocycles. The van der Waals surface area contributed by atoms with Gasteiger partial charge in [-0.05, 0) is 44.4 Å². The summed E-state index contributed by atoms with van der Waals surface area (Å²) < 4.78 is 5.33. The number of halogens is 1. The molecule has 1 amide bonds. The van der Waals surface area contributed by atoms with Crippen molar-refractivity contribution >= 4 is 29.1 Å². The Morgan fingerprint density at radius 3 is 2.48 bits per heavy atom. The summed E-state index contributed by atoms with van der Waals surface area (Å²) in [6.07, 6.45) is 4.71. The first-order chi connectivity index (χ1) is 13.0. The van der Waals surface area contributed by atoms with E-state index in [1.54, 1.807) is 25.3 Å². The standard InChI is InChI=1S/C20H25ClN4O2/c1-13-10-16(18(27-3)12-15(13)21)23-19(26)17-11-14(2)22-20(24-17)25-8-6-4-5-7-9-25/h10-12H,4-9H2,1-3H3,(H,23,26). The van der Waals surface area contributed by atoms with Crippen LogP contribution in [-0.4, -0.2) is 36.1 Å². The van der Waals surface area contributed by atoms with Gasteiger partial charge in [0, 0.05) is 29.9 Å². The Labute approximate surface area is 164 Å². The van der Waals surface area contributed by atoms with Gasteiger partial charge in [-0.2, -0.15) is 0 Å². The zero-order valence-corrected chi connectivity index (χ0v) is 16.8. The van der Waals surface area contributed by atoms with Crippen molar-refractivity contribution in [2.45, 2.75) is 39.5 Å². The Balaban J connectivity index is 1.86. The average molecular weight is 389 g/mol. The fraction of sp³-hybridized carbons (Fsp3) is 0.450. The summed E-state index contributed by atoms with van der Waals surface area (Å²) in [5, 5.41) is 3.47. The number of ether oxygens (including phenoxy) is 1. The van der Waals surface area contributed by atoms with Crippen LogP contribution < -0.4 is 15.0 Å². The third-order valence-electron chi connectivity index (χ3n) is 4.69. The first-order valence-electron chi connectivity index (χ1n) is 9.24. The lowest BCUT2D eigenvalue weighted by molar-refractivity contribution is 0.102. The van der Waals surface area contributed by atoms with Gasteiger partial charge in [0.15, 0.2) is 0 Å². The minimum absolute atomic E-state index is 0.295. The smallest absolute Gasteiger partial charge is 0.274 e. The molecule has 2 heterocycles. The van der Waals surface area contributed by atoms with Crippen LogP contribution in [0.15, 0.2) is 18.2 Å². The van der Waals surface area contributed by atoms with Gasteiger partial charge in [0.1, 0.15) is 11.4 Å². The second-order valence-corrected chi connectivity index (χ2v) is 7.26. The Morgan fingerprint density at radius 1 is 1.11 bits per heavy atom. The van der Waals surface area contributed by atoms with Crippen molar-refractivity contribution in [1.82, 2.24) is 9.97 Å². The Hall–Kier alpha value is -2.34. The Morgan fingerprint density at radius 2 is 1.81 bits per heavy atom. The normalized spacial score (nSPS) is 14.6. The lowest BCUT2D eigenvalue weighted by atomic mass is 10.2. The number of hydrogen-bond acceptors (Lipinski definition) is 5. The molecule has 0 radical (unpaired) electrons. The number of benzene rings is 1. The number of nitrogens with one attached hydrogen (secondary N) is 1. The van der Waals surface area contributed by atoms with Crippen LogP contribution in [0.1, 0.15) is 47.4 Å². The van der Waals surface area contributed by atoms with Gasteiger partial charge < -0.3 is 15.0 Å². The van der Waals surface area contributed by atoms with Crippen LogP contribution >= 0.6 is 11.6 Å². The van der Waals surface area contributed by atoms with Crippen molar-refractivity contribution in [3.63, 3.8) is 0 Å². The van der Waals surface area contributed by atoms with Crippen molar-refractivity contribution in [1.29, 1.82) is 0 Å². The molecule has 0 spiro atoms. The van der Waals surface area contributed by atoms with Crippen LogP contribution in [0.5, 0.6) is 5.75 Å². The molecule has 1 aliphatic rings. The van der Waals surface area contributed by atoms with E-state index in [0.29, 0.717) is 28.1 Å². The highest BCUT2D eigenvalue weighted by Crippen LogP contribution is 2.31. The predicted molar refractivity (Wildman–Crippen MR) is 108 cm³/mol. The number of rotatable bonds is 4. The fourth-order valence-electron chi connectivity index (χ4n) is 3.20. The quantitative estimate of drug-likeness (QED) is 0.841. The summed E-state index contributed by atoms with van der Waals surface area (Å²) in [4.78, 5) is 24.1. The number of hydrogen-bond donors (Lipinski definition) is 1. The summed E-state index contributed by atoms with van der Waals surface area (Å²) in [7, 11) is 1.54. The molecule has 1 saturated heterocycles. The molecule has 6 nitrogen and oxygen atoms in total. The molecule has 0 atom stereocenters. The maximum absolute atomic E-state index is 12.8. The zero-order valence-electron chi connectivity index (χ0n) is 16.0. The molecule has 27 heavy (non-hydrogen) atoms. The first kappa shape index (κ1) is 19.4. The van der Waals surface area contributed by atoms with Crippen molar-refractivity contribution in [3.8, 4) is 5.75 Å². The van der Waals surface area contributed by atoms with E-state index in [4.69, 9.17) is 16.3 Å². The molecule has 0 saturated carbocycles. The maximum Gasteiger partial charge on any atom is 0.274 e. The van der Waals surface area contributed by atoms with Crippen molar-refractivity contribution in [3.05, 3.63) is 40.2 Å². The highest BCUT2D eigenvalue weighted by Gasteiger charge is 2.18. The van der Waals surface area contributed by atoms with Gasteiger partial charge in [0.25, 0.3) is 5.91 Å². The minimum Gasteiger partial charge on any atom is -0.495 e. The topological polar surface area (TPSA) is 67.3 Å². The SMILES string of the molecule is COc1cc(Cl)c(C)cc1NC(=O)c1cc(C)nc(N2CCCCCC2)n1. The highest BCUT2D eigenvalue weighted by molar-refractivity contribution is 6.31. The Bertz CT molecular complexity index is 833. The average Bonchev–Trinajstić information content (AvgIpc) is 2.93. The first-order valence-corrected chi connectivity index (χ1v) is 9.62. The molecular weight excluding hydrogens is 364 g/mol. The van der Waals surface area contributed by atoms with Crippen LogP contribution in [0.4, 0.5) is 11.6 Å². The highest BCUT2D eigenvalue weighted by atomic mass is 35.5. The number of aryl methyl sites for hydroxylation is 2. The lowest BCUT2D eigenvalue weighted by Crippen LogP contribution is -2.27. The maximum atomic E-state index is 12.8. The Kier molecular flexibility index (Phi) is 6.16. The molecule has 0 aliphatic carbocycles. The van der Waals surface area contributed by atoms with Crippen LogP contribution in [0, 0.1) is 13.8 Å². The fourth-order valence-corrected chi connectivity index (χ4v) is 3.35. The van der Waals surface area contributed by atoms with Crippen molar-refractivity contribution in [2.75, 3.05) is 30.4 Å². The van der Waals surface area contributed by atoms with Gasteiger partial charge in [-0.15, -0.1) is 0 Å². The van der Waals surface area contributed by atoms with E-state index in [1.165, 1.54) is 12.8 Å². The second kappa shape index (κ2) is 8.57. The molecule has 7 heteroatoms. The van der Waals surface area contributed by atoms with Gasteiger partial charge in [-0.25, -0.2) is 9.97 Å². The van der Waals surface area contributed by atoms with E-state index in [9.17, 15) is 4.79 Å². The summed E-state index contributed by atoms with van der Waals surface area (Å²) >= 11 is 6.14. The van der Waals surface area contributed by atoms with E-state index in [1.807, 2.05) is 13.8 Å². The number of aromatic nitrogens is 2. The number of anilines is 2. The molecule has 2 aromatic rings. The van der Waals surface area contributed by atoms with Gasteiger partial charge in [-0.1, -0.05) is 24.4 Å². The molecule has 1 N–H and O–H groups in total. The summed E-state index contributed by atoms with van der Waals surface area (Å²) in [5.41, 5.74) is 2.54.